The standard InChI is InChI=1S/C19H19N2O4.3Li/c20-16(11-14-7-3-1-4-8-14)18(22)24-13-25-19(23)17(21)12-15-9-5-2-6-10-15;;;/h1-7,9,13,16-17H,11-12,20-21H2;;;/q-3;3*+1. The summed E-state index contributed by atoms with van der Waals surface area (Å²) in [7, 11) is 0. The molecule has 2 aromatic rings. The Labute approximate surface area is 201 Å². The molecule has 132 valence electrons. The number of hydrogen-bond donors (Lipinski definition) is 2. The predicted molar refractivity (Wildman–Crippen MR) is 90.4 cm³/mol. The Hall–Kier alpha value is -0.908. The maximum Gasteiger partial charge on any atom is 1.00 e. The van der Waals surface area contributed by atoms with Crippen molar-refractivity contribution >= 4 is 11.9 Å². The Bertz CT molecular complexity index is 631. The van der Waals surface area contributed by atoms with Crippen molar-refractivity contribution in [2.45, 2.75) is 24.9 Å². The van der Waals surface area contributed by atoms with Gasteiger partial charge in [0.15, 0.2) is 0 Å². The van der Waals surface area contributed by atoms with Crippen molar-refractivity contribution in [3.63, 3.8) is 0 Å². The molecule has 6 nitrogen and oxygen atoms in total. The minimum absolute atomic E-state index is 0. The van der Waals surface area contributed by atoms with Gasteiger partial charge in [-0.2, -0.15) is 71.8 Å². The van der Waals surface area contributed by atoms with E-state index in [1.54, 1.807) is 24.3 Å². The smallest absolute Gasteiger partial charge is 0.596 e. The van der Waals surface area contributed by atoms with Crippen LogP contribution in [0.25, 0.3) is 0 Å². The molecule has 0 fully saturated rings. The molecule has 0 bridgehead atoms. The summed E-state index contributed by atoms with van der Waals surface area (Å²) >= 11 is 0. The zero-order valence-electron chi connectivity index (χ0n) is 16.6. The number of esters is 2. The van der Waals surface area contributed by atoms with Crippen LogP contribution in [0.4, 0.5) is 0 Å². The van der Waals surface area contributed by atoms with Crippen LogP contribution in [0.2, 0.25) is 0 Å². The molecule has 9 heteroatoms. The topological polar surface area (TPSA) is 105 Å². The summed E-state index contributed by atoms with van der Waals surface area (Å²) in [5, 5.41) is 0. The molecule has 2 unspecified atom stereocenters. The third-order valence-electron chi connectivity index (χ3n) is 3.36. The van der Waals surface area contributed by atoms with Gasteiger partial charge in [0, 0.05) is 6.79 Å². The number of rotatable bonds is 8. The Morgan fingerprint density at radius 1 is 0.821 bits per heavy atom. The molecule has 2 atom stereocenters. The van der Waals surface area contributed by atoms with E-state index in [4.69, 9.17) is 20.9 Å². The zero-order chi connectivity index (χ0) is 18.1. The van der Waals surface area contributed by atoms with Gasteiger partial charge < -0.3 is 20.9 Å². The van der Waals surface area contributed by atoms with Gasteiger partial charge in [-0.05, 0) is 12.8 Å². The van der Waals surface area contributed by atoms with Crippen LogP contribution in [0.5, 0.6) is 0 Å². The van der Waals surface area contributed by atoms with E-state index < -0.39 is 24.0 Å². The Morgan fingerprint density at radius 2 is 1.21 bits per heavy atom. The molecule has 0 amide bonds. The summed E-state index contributed by atoms with van der Waals surface area (Å²) < 4.78 is 9.48. The van der Waals surface area contributed by atoms with Crippen LogP contribution >= 0.6 is 0 Å². The van der Waals surface area contributed by atoms with Crippen molar-refractivity contribution in [1.29, 1.82) is 0 Å². The van der Waals surface area contributed by atoms with Crippen LogP contribution in [0, 0.1) is 18.9 Å². The minimum atomic E-state index is -0.888. The molecular formula is C19H19Li3N2O4. The van der Waals surface area contributed by atoms with E-state index in [1.807, 2.05) is 24.3 Å². The number of benzene rings is 2. The van der Waals surface area contributed by atoms with E-state index in [9.17, 15) is 9.59 Å². The zero-order valence-corrected chi connectivity index (χ0v) is 16.6. The molecule has 0 aliphatic heterocycles. The van der Waals surface area contributed by atoms with Gasteiger partial charge in [0.2, 0.25) is 0 Å². The fourth-order valence-corrected chi connectivity index (χ4v) is 2.05. The number of carbonyl (C=O) groups excluding carboxylic acids is 2. The molecule has 0 saturated heterocycles. The second-order valence-corrected chi connectivity index (χ2v) is 5.37. The first kappa shape index (κ1) is 29.3. The van der Waals surface area contributed by atoms with Gasteiger partial charge in [-0.3, -0.25) is 9.59 Å². The molecule has 0 saturated carbocycles. The average molecular weight is 360 g/mol. The molecule has 0 aliphatic carbocycles. The number of ether oxygens (including phenoxy) is 2. The molecular weight excluding hydrogens is 341 g/mol. The van der Waals surface area contributed by atoms with Crippen molar-refractivity contribution in [2.75, 3.05) is 0 Å². The summed E-state index contributed by atoms with van der Waals surface area (Å²) in [6.07, 6.45) is 0.537. The predicted octanol–water partition coefficient (Wildman–Crippen LogP) is -8.06. The third-order valence-corrected chi connectivity index (χ3v) is 3.36. The van der Waals surface area contributed by atoms with Crippen LogP contribution in [0.1, 0.15) is 11.1 Å². The van der Waals surface area contributed by atoms with Crippen LogP contribution in [-0.4, -0.2) is 24.0 Å². The summed E-state index contributed by atoms with van der Waals surface area (Å²) in [5.41, 5.74) is 13.1. The summed E-state index contributed by atoms with van der Waals surface area (Å²) in [5.74, 6) is -1.43. The molecule has 2 aromatic carbocycles. The normalized spacial score (nSPS) is 11.5. The second-order valence-electron chi connectivity index (χ2n) is 5.37. The van der Waals surface area contributed by atoms with Gasteiger partial charge in [-0.1, -0.05) is 0 Å². The number of carbonyl (C=O) groups is 2. The van der Waals surface area contributed by atoms with E-state index in [0.717, 1.165) is 11.1 Å². The summed E-state index contributed by atoms with van der Waals surface area (Å²) in [6, 6.07) is 18.5. The first-order valence-corrected chi connectivity index (χ1v) is 7.71. The minimum Gasteiger partial charge on any atom is -0.596 e. The largest absolute Gasteiger partial charge is 1.00 e. The molecule has 4 N–H and O–H groups in total. The maximum absolute atomic E-state index is 11.8. The molecule has 2 rings (SSSR count). The van der Waals surface area contributed by atoms with E-state index in [-0.39, 0.29) is 69.4 Å². The van der Waals surface area contributed by atoms with E-state index in [0.29, 0.717) is 6.79 Å². The van der Waals surface area contributed by atoms with Crippen molar-refractivity contribution in [1.82, 2.24) is 0 Å². The van der Waals surface area contributed by atoms with Crippen molar-refractivity contribution in [2.24, 2.45) is 11.5 Å². The van der Waals surface area contributed by atoms with Gasteiger partial charge in [-0.25, -0.2) is 0 Å². The fourth-order valence-electron chi connectivity index (χ4n) is 2.05. The van der Waals surface area contributed by atoms with Crippen LogP contribution < -0.4 is 68.0 Å². The molecule has 0 heterocycles. The monoisotopic (exact) mass is 360 g/mol. The van der Waals surface area contributed by atoms with Gasteiger partial charge >= 0.3 is 56.6 Å². The average Bonchev–Trinajstić information content (AvgIpc) is 2.63. The van der Waals surface area contributed by atoms with Gasteiger partial charge in [0.25, 0.3) is 11.9 Å². The first-order chi connectivity index (χ1) is 12.1. The second kappa shape index (κ2) is 16.0. The van der Waals surface area contributed by atoms with Crippen molar-refractivity contribution < 1.29 is 75.6 Å². The SMILES string of the molecule is NC(Cc1[c-]cccc1)C(=O)O[CH-]OC(=O)C(N)Cc1[c-]cccc1.[Li+].[Li+].[Li+]. The third kappa shape index (κ3) is 10.6. The molecule has 0 radical (unpaired) electrons. The number of nitrogens with two attached hydrogens (primary N) is 2. The van der Waals surface area contributed by atoms with Crippen molar-refractivity contribution in [3.8, 4) is 0 Å². The first-order valence-electron chi connectivity index (χ1n) is 7.71. The van der Waals surface area contributed by atoms with Gasteiger partial charge in [0.05, 0.1) is 0 Å². The Balaban J connectivity index is 0. The van der Waals surface area contributed by atoms with Crippen molar-refractivity contribution in [3.05, 3.63) is 78.6 Å². The van der Waals surface area contributed by atoms with E-state index >= 15 is 0 Å². The van der Waals surface area contributed by atoms with E-state index in [2.05, 4.69) is 12.1 Å². The molecule has 0 aromatic heterocycles. The number of hydrogen-bond acceptors (Lipinski definition) is 6. The quantitative estimate of drug-likeness (QED) is 0.275. The fraction of sp³-hybridized carbons (Fsp3) is 0.211. The summed E-state index contributed by atoms with van der Waals surface area (Å²) in [6.45, 7) is 0.661. The van der Waals surface area contributed by atoms with Crippen LogP contribution in [0.15, 0.2) is 48.5 Å². The summed E-state index contributed by atoms with van der Waals surface area (Å²) in [4.78, 5) is 23.5. The van der Waals surface area contributed by atoms with Crippen LogP contribution in [-0.2, 0) is 31.9 Å². The van der Waals surface area contributed by atoms with Crippen LogP contribution in [0.3, 0.4) is 0 Å². The van der Waals surface area contributed by atoms with E-state index in [1.165, 1.54) is 0 Å². The van der Waals surface area contributed by atoms with Gasteiger partial charge in [0.1, 0.15) is 12.1 Å². The molecule has 0 aliphatic rings. The Kier molecular flexibility index (Phi) is 16.7. The molecule has 28 heavy (non-hydrogen) atoms. The molecule has 0 spiro atoms. The Morgan fingerprint density at radius 3 is 1.54 bits per heavy atom. The maximum atomic E-state index is 11.8. The van der Waals surface area contributed by atoms with Gasteiger partial charge in [-0.15, -0.1) is 0 Å².